The monoisotopic (exact) mass is 354 g/mol. The average Bonchev–Trinajstić information content (AvgIpc) is 2.47. The zero-order valence-electron chi connectivity index (χ0n) is 12.7. The minimum Gasteiger partial charge on any atom is -0.496 e. The zero-order valence-corrected chi connectivity index (χ0v) is 13.5. The number of nitrogens with one attached hydrogen (secondary N) is 2. The molecule has 0 atom stereocenters. The number of methoxy groups -OCH3 is 1. The Labute approximate surface area is 141 Å². The topological polar surface area (TPSA) is 67.4 Å². The summed E-state index contributed by atoms with van der Waals surface area (Å²) in [7, 11) is 1.33. The van der Waals surface area contributed by atoms with Crippen LogP contribution in [0.2, 0.25) is 5.02 Å². The molecule has 0 radical (unpaired) electrons. The summed E-state index contributed by atoms with van der Waals surface area (Å²) in [5.41, 5.74) is 0.261. The smallest absolute Gasteiger partial charge is 0.259 e. The zero-order chi connectivity index (χ0) is 17.9. The van der Waals surface area contributed by atoms with Crippen molar-refractivity contribution in [2.24, 2.45) is 0 Å². The van der Waals surface area contributed by atoms with Crippen LogP contribution in [0.15, 0.2) is 30.3 Å². The van der Waals surface area contributed by atoms with Gasteiger partial charge in [-0.05, 0) is 18.2 Å². The van der Waals surface area contributed by atoms with Crippen molar-refractivity contribution >= 4 is 34.8 Å². The molecule has 24 heavy (non-hydrogen) atoms. The molecule has 0 unspecified atom stereocenters. The van der Waals surface area contributed by atoms with Gasteiger partial charge in [0.2, 0.25) is 5.91 Å². The number of carbonyl (C=O) groups excluding carboxylic acids is 2. The van der Waals surface area contributed by atoms with Gasteiger partial charge in [0.05, 0.1) is 23.4 Å². The van der Waals surface area contributed by atoms with Gasteiger partial charge in [0.1, 0.15) is 17.4 Å². The van der Waals surface area contributed by atoms with E-state index < -0.39 is 17.5 Å². The quantitative estimate of drug-likeness (QED) is 0.876. The normalized spacial score (nSPS) is 10.2. The molecule has 0 aliphatic rings. The third-order valence-corrected chi connectivity index (χ3v) is 3.28. The van der Waals surface area contributed by atoms with Crippen LogP contribution in [-0.4, -0.2) is 18.9 Å². The molecule has 0 saturated carbocycles. The molecule has 0 heterocycles. The van der Waals surface area contributed by atoms with Crippen molar-refractivity contribution in [2.45, 2.75) is 6.92 Å². The third kappa shape index (κ3) is 4.20. The first kappa shape index (κ1) is 17.7. The van der Waals surface area contributed by atoms with Gasteiger partial charge in [0, 0.05) is 24.7 Å². The van der Waals surface area contributed by atoms with E-state index in [0.29, 0.717) is 6.07 Å². The molecule has 2 rings (SSSR count). The van der Waals surface area contributed by atoms with Crippen LogP contribution in [0.5, 0.6) is 5.75 Å². The molecule has 0 spiro atoms. The lowest BCUT2D eigenvalue weighted by Crippen LogP contribution is -2.14. The van der Waals surface area contributed by atoms with Crippen LogP contribution >= 0.6 is 11.6 Å². The van der Waals surface area contributed by atoms with Crippen LogP contribution in [0.1, 0.15) is 17.3 Å². The molecule has 0 saturated heterocycles. The first-order valence-electron chi connectivity index (χ1n) is 6.72. The van der Waals surface area contributed by atoms with Crippen LogP contribution in [0, 0.1) is 11.6 Å². The largest absolute Gasteiger partial charge is 0.496 e. The van der Waals surface area contributed by atoms with Crippen LogP contribution < -0.4 is 15.4 Å². The molecule has 2 amide bonds. The van der Waals surface area contributed by atoms with Gasteiger partial charge in [-0.15, -0.1) is 0 Å². The maximum absolute atomic E-state index is 13.2. The van der Waals surface area contributed by atoms with Crippen LogP contribution in [-0.2, 0) is 4.79 Å². The Kier molecular flexibility index (Phi) is 5.35. The van der Waals surface area contributed by atoms with E-state index in [2.05, 4.69) is 10.6 Å². The summed E-state index contributed by atoms with van der Waals surface area (Å²) in [5.74, 6) is -2.52. The Hall–Kier alpha value is -2.67. The first-order valence-corrected chi connectivity index (χ1v) is 7.10. The van der Waals surface area contributed by atoms with E-state index in [1.165, 1.54) is 26.2 Å². The molecule has 0 bridgehead atoms. The SMILES string of the molecule is COc1cc(NC(C)=O)c(Cl)cc1C(=O)Nc1cc(F)cc(F)c1. The number of hydrogen-bond acceptors (Lipinski definition) is 3. The van der Waals surface area contributed by atoms with Gasteiger partial charge in [-0.25, -0.2) is 8.78 Å². The fraction of sp³-hybridized carbons (Fsp3) is 0.125. The standard InChI is InChI=1S/C16H13ClF2N2O3/c1-8(22)20-14-7-15(24-2)12(6-13(14)17)16(23)21-11-4-9(18)3-10(19)5-11/h3-7H,1-2H3,(H,20,22)(H,21,23). The van der Waals surface area contributed by atoms with Crippen molar-refractivity contribution in [1.29, 1.82) is 0 Å². The molecule has 0 fully saturated rings. The van der Waals surface area contributed by atoms with Crippen LogP contribution in [0.3, 0.4) is 0 Å². The molecule has 2 N–H and O–H groups in total. The maximum Gasteiger partial charge on any atom is 0.259 e. The van der Waals surface area contributed by atoms with E-state index in [9.17, 15) is 18.4 Å². The van der Waals surface area contributed by atoms with Crippen molar-refractivity contribution in [2.75, 3.05) is 17.7 Å². The predicted octanol–water partition coefficient (Wildman–Crippen LogP) is 3.84. The molecule has 8 heteroatoms. The van der Waals surface area contributed by atoms with E-state index >= 15 is 0 Å². The number of anilines is 2. The van der Waals surface area contributed by atoms with Gasteiger partial charge < -0.3 is 15.4 Å². The Morgan fingerprint density at radius 1 is 1.04 bits per heavy atom. The summed E-state index contributed by atoms with van der Waals surface area (Å²) in [6.45, 7) is 1.31. The number of benzene rings is 2. The van der Waals surface area contributed by atoms with Crippen molar-refractivity contribution in [3.8, 4) is 5.75 Å². The summed E-state index contributed by atoms with van der Waals surface area (Å²) in [4.78, 5) is 23.4. The van der Waals surface area contributed by atoms with Gasteiger partial charge in [-0.1, -0.05) is 11.6 Å². The highest BCUT2D eigenvalue weighted by molar-refractivity contribution is 6.34. The second kappa shape index (κ2) is 7.27. The van der Waals surface area contributed by atoms with Gasteiger partial charge >= 0.3 is 0 Å². The highest BCUT2D eigenvalue weighted by Crippen LogP contribution is 2.31. The Balaban J connectivity index is 2.34. The molecule has 0 aromatic heterocycles. The fourth-order valence-corrected chi connectivity index (χ4v) is 2.22. The van der Waals surface area contributed by atoms with Crippen molar-refractivity contribution in [1.82, 2.24) is 0 Å². The summed E-state index contributed by atoms with van der Waals surface area (Å²) in [5, 5.41) is 4.97. The molecular formula is C16H13ClF2N2O3. The summed E-state index contributed by atoms with van der Waals surface area (Å²) in [6.07, 6.45) is 0. The predicted molar refractivity (Wildman–Crippen MR) is 86.6 cm³/mol. The minimum atomic E-state index is -0.823. The molecule has 0 aliphatic carbocycles. The summed E-state index contributed by atoms with van der Waals surface area (Å²) < 4.78 is 31.5. The number of carbonyl (C=O) groups is 2. The second-order valence-electron chi connectivity index (χ2n) is 4.83. The Bertz CT molecular complexity index is 792. The number of halogens is 3. The highest BCUT2D eigenvalue weighted by Gasteiger charge is 2.17. The molecule has 126 valence electrons. The van der Waals surface area contributed by atoms with Crippen LogP contribution in [0.25, 0.3) is 0 Å². The first-order chi connectivity index (χ1) is 11.3. The number of hydrogen-bond donors (Lipinski definition) is 2. The summed E-state index contributed by atoms with van der Waals surface area (Å²) in [6, 6.07) is 5.30. The molecular weight excluding hydrogens is 342 g/mol. The van der Waals surface area contributed by atoms with Crippen LogP contribution in [0.4, 0.5) is 20.2 Å². The molecule has 0 aliphatic heterocycles. The summed E-state index contributed by atoms with van der Waals surface area (Å²) >= 11 is 6.03. The van der Waals surface area contributed by atoms with Gasteiger partial charge in [0.15, 0.2) is 0 Å². The van der Waals surface area contributed by atoms with E-state index in [0.717, 1.165) is 12.1 Å². The molecule has 2 aromatic carbocycles. The van der Waals surface area contributed by atoms with E-state index in [1.807, 2.05) is 0 Å². The molecule has 5 nitrogen and oxygen atoms in total. The van der Waals surface area contributed by atoms with E-state index in [-0.39, 0.29) is 33.6 Å². The van der Waals surface area contributed by atoms with Crippen molar-refractivity contribution in [3.63, 3.8) is 0 Å². The van der Waals surface area contributed by atoms with Gasteiger partial charge in [-0.3, -0.25) is 9.59 Å². The van der Waals surface area contributed by atoms with E-state index in [1.54, 1.807) is 0 Å². The highest BCUT2D eigenvalue weighted by atomic mass is 35.5. The minimum absolute atomic E-state index is 0.0428. The van der Waals surface area contributed by atoms with Gasteiger partial charge in [-0.2, -0.15) is 0 Å². The van der Waals surface area contributed by atoms with E-state index in [4.69, 9.17) is 16.3 Å². The van der Waals surface area contributed by atoms with Crippen molar-refractivity contribution < 1.29 is 23.1 Å². The van der Waals surface area contributed by atoms with Gasteiger partial charge in [0.25, 0.3) is 5.91 Å². The Morgan fingerprint density at radius 3 is 2.21 bits per heavy atom. The number of rotatable bonds is 4. The lowest BCUT2D eigenvalue weighted by Gasteiger charge is -2.13. The molecule has 2 aromatic rings. The Morgan fingerprint density at radius 2 is 1.67 bits per heavy atom. The fourth-order valence-electron chi connectivity index (χ4n) is 2.01. The lowest BCUT2D eigenvalue weighted by molar-refractivity contribution is -0.114. The number of amides is 2. The maximum atomic E-state index is 13.2. The third-order valence-electron chi connectivity index (χ3n) is 2.96. The number of ether oxygens (including phenoxy) is 1. The van der Waals surface area contributed by atoms with Crippen molar-refractivity contribution in [3.05, 3.63) is 52.6 Å². The lowest BCUT2D eigenvalue weighted by atomic mass is 10.1. The average molecular weight is 355 g/mol. The second-order valence-corrected chi connectivity index (χ2v) is 5.23.